The molecular weight excluding hydrogens is 738 g/mol. The Morgan fingerprint density at radius 2 is 0.845 bits per heavy atom. The van der Waals surface area contributed by atoms with E-state index >= 15 is 0 Å². The fourth-order valence-corrected chi connectivity index (χ4v) is 11.7. The van der Waals surface area contributed by atoms with Crippen molar-refractivity contribution in [1.29, 1.82) is 0 Å². The second-order valence-electron chi connectivity index (χ2n) is 18.5. The Labute approximate surface area is 341 Å². The van der Waals surface area contributed by atoms with E-state index in [0.717, 1.165) is 77.7 Å². The molecule has 11 rings (SSSR count). The van der Waals surface area contributed by atoms with Gasteiger partial charge in [0.1, 0.15) is 0 Å². The van der Waals surface area contributed by atoms with Crippen LogP contribution in [0.1, 0.15) is 77.6 Å². The van der Waals surface area contributed by atoms with Crippen LogP contribution >= 0.6 is 0 Å². The second-order valence-corrected chi connectivity index (χ2v) is 20.4. The molecule has 288 valence electrons. The summed E-state index contributed by atoms with van der Waals surface area (Å²) in [6, 6.07) is 41.8. The normalized spacial score (nSPS) is 21.0. The van der Waals surface area contributed by atoms with Gasteiger partial charge in [0.2, 0.25) is 9.84 Å². The largest absolute Gasteiger partial charge is 0.494 e. The maximum atomic E-state index is 14.3. The van der Waals surface area contributed by atoms with Crippen LogP contribution in [-0.2, 0) is 33.9 Å². The summed E-state index contributed by atoms with van der Waals surface area (Å²) < 4.78 is 55.5. The van der Waals surface area contributed by atoms with Gasteiger partial charge in [0.25, 0.3) is 0 Å². The van der Waals surface area contributed by atoms with Gasteiger partial charge < -0.3 is 18.6 Å². The molecule has 58 heavy (non-hydrogen) atoms. The molecule has 1 spiro atoms. The summed E-state index contributed by atoms with van der Waals surface area (Å²) in [6.45, 7) is 16.6. The molecule has 2 fully saturated rings. The highest BCUT2D eigenvalue weighted by molar-refractivity contribution is 7.92. The third kappa shape index (κ3) is 4.52. The van der Waals surface area contributed by atoms with Gasteiger partial charge in [-0.15, -0.1) is 0 Å². The van der Waals surface area contributed by atoms with Gasteiger partial charge in [0.05, 0.1) is 37.6 Å². The highest BCUT2D eigenvalue weighted by Gasteiger charge is 2.56. The molecule has 0 radical (unpaired) electrons. The average Bonchev–Trinajstić information content (AvgIpc) is 3.76. The highest BCUT2D eigenvalue weighted by atomic mass is 32.2. The standard InChI is InChI=1S/C49H44B2O6S/c1-45(2)46(3,4)55-50(54-45)29-21-23-33-31-15-9-10-16-32(31)34-24-22-30(51-56-47(5,6)48(7,8)57-51)28-40(34)49(39(33)27-29)37-19-13-11-17-35(37)43-38(49)25-26-42-44(43)36-18-12-14-20-41(36)58(42,52)53/h9-28H,1-8H3. The number of benzene rings is 6. The minimum atomic E-state index is -3.75. The van der Waals surface area contributed by atoms with Crippen LogP contribution in [0.25, 0.3) is 44.5 Å². The lowest BCUT2D eigenvalue weighted by Gasteiger charge is -2.36. The summed E-state index contributed by atoms with van der Waals surface area (Å²) in [5.74, 6) is 0. The van der Waals surface area contributed by atoms with Crippen LogP contribution in [0.3, 0.4) is 0 Å². The van der Waals surface area contributed by atoms with Crippen molar-refractivity contribution in [3.05, 3.63) is 144 Å². The Balaban J connectivity index is 1.29. The summed E-state index contributed by atoms with van der Waals surface area (Å²) in [6.07, 6.45) is 0. The molecule has 0 atom stereocenters. The van der Waals surface area contributed by atoms with Crippen LogP contribution in [0.5, 0.6) is 0 Å². The average molecular weight is 783 g/mol. The van der Waals surface area contributed by atoms with Gasteiger partial charge in [-0.25, -0.2) is 8.42 Å². The summed E-state index contributed by atoms with van der Waals surface area (Å²) in [7, 11) is -4.95. The van der Waals surface area contributed by atoms with E-state index in [4.69, 9.17) is 18.6 Å². The van der Waals surface area contributed by atoms with Crippen LogP contribution in [0.15, 0.2) is 131 Å². The van der Waals surface area contributed by atoms with Crippen molar-refractivity contribution < 1.29 is 27.0 Å². The minimum absolute atomic E-state index is 0.341. The fourth-order valence-electron chi connectivity index (χ4n) is 10.0. The van der Waals surface area contributed by atoms with Crippen LogP contribution in [0.2, 0.25) is 0 Å². The SMILES string of the molecule is CC1(C)OB(c2ccc3c(c2)C2(c4cc(B5OC(C)(C)C(C)(C)O5)ccc4-c4ccccc4-3)c3ccccc3-c3c2ccc2c3-c3ccccc3S2(=O)=O)OC1(C)C. The Morgan fingerprint density at radius 1 is 0.397 bits per heavy atom. The number of rotatable bonds is 2. The Morgan fingerprint density at radius 3 is 1.36 bits per heavy atom. The van der Waals surface area contributed by atoms with E-state index in [1.54, 1.807) is 6.07 Å². The number of sulfone groups is 1. The number of fused-ring (bicyclic) bond motifs is 16. The maximum Gasteiger partial charge on any atom is 0.494 e. The zero-order chi connectivity index (χ0) is 40.4. The lowest BCUT2D eigenvalue weighted by molar-refractivity contribution is 0.00578. The molecule has 3 heterocycles. The Kier molecular flexibility index (Phi) is 7.20. The van der Waals surface area contributed by atoms with E-state index in [0.29, 0.717) is 9.79 Å². The quantitative estimate of drug-likeness (QED) is 0.163. The predicted molar refractivity (Wildman–Crippen MR) is 230 cm³/mol. The zero-order valence-electron chi connectivity index (χ0n) is 34.1. The monoisotopic (exact) mass is 782 g/mol. The van der Waals surface area contributed by atoms with Crippen LogP contribution in [-0.4, -0.2) is 45.1 Å². The van der Waals surface area contributed by atoms with Crippen LogP contribution in [0, 0.1) is 0 Å². The molecule has 0 aromatic heterocycles. The first-order chi connectivity index (χ1) is 27.5. The van der Waals surface area contributed by atoms with Crippen molar-refractivity contribution in [3.8, 4) is 44.5 Å². The predicted octanol–water partition coefficient (Wildman–Crippen LogP) is 9.11. The molecule has 9 heteroatoms. The van der Waals surface area contributed by atoms with Gasteiger partial charge in [-0.05, 0) is 134 Å². The van der Waals surface area contributed by atoms with Crippen LogP contribution < -0.4 is 10.9 Å². The Bertz CT molecular complexity index is 2770. The van der Waals surface area contributed by atoms with Crippen molar-refractivity contribution in [2.24, 2.45) is 0 Å². The smallest absolute Gasteiger partial charge is 0.399 e. The first kappa shape index (κ1) is 36.3. The first-order valence-corrected chi connectivity index (χ1v) is 21.7. The molecule has 0 N–H and O–H groups in total. The molecule has 5 aliphatic rings. The van der Waals surface area contributed by atoms with Gasteiger partial charge in [-0.1, -0.05) is 109 Å². The van der Waals surface area contributed by atoms with E-state index in [1.807, 2.05) is 24.3 Å². The van der Waals surface area contributed by atoms with E-state index in [2.05, 4.69) is 146 Å². The highest BCUT2D eigenvalue weighted by Crippen LogP contribution is 2.64. The van der Waals surface area contributed by atoms with Crippen LogP contribution in [0.4, 0.5) is 0 Å². The van der Waals surface area contributed by atoms with Gasteiger partial charge >= 0.3 is 14.2 Å². The Hall–Kier alpha value is -4.76. The first-order valence-electron chi connectivity index (χ1n) is 20.2. The molecule has 0 bridgehead atoms. The van der Waals surface area contributed by atoms with Crippen molar-refractivity contribution in [2.45, 2.75) is 93.0 Å². The molecule has 2 saturated heterocycles. The summed E-state index contributed by atoms with van der Waals surface area (Å²) in [5.41, 5.74) is 10.8. The van der Waals surface area contributed by atoms with Gasteiger partial charge in [-0.2, -0.15) is 0 Å². The van der Waals surface area contributed by atoms with E-state index < -0.39 is 51.9 Å². The topological polar surface area (TPSA) is 71.1 Å². The summed E-state index contributed by atoms with van der Waals surface area (Å²) >= 11 is 0. The van der Waals surface area contributed by atoms with Crippen molar-refractivity contribution >= 4 is 35.0 Å². The molecule has 2 aliphatic carbocycles. The number of hydrogen-bond donors (Lipinski definition) is 0. The molecule has 6 aromatic rings. The molecule has 0 amide bonds. The summed E-state index contributed by atoms with van der Waals surface area (Å²) in [5, 5.41) is 0. The van der Waals surface area contributed by atoms with Crippen molar-refractivity contribution in [2.75, 3.05) is 0 Å². The summed E-state index contributed by atoms with van der Waals surface area (Å²) in [4.78, 5) is 0.686. The lowest BCUT2D eigenvalue weighted by atomic mass is 9.62. The molecule has 3 aliphatic heterocycles. The molecule has 0 saturated carbocycles. The molecular formula is C49H44B2O6S. The van der Waals surface area contributed by atoms with E-state index in [1.165, 1.54) is 0 Å². The lowest BCUT2D eigenvalue weighted by Crippen LogP contribution is -2.41. The van der Waals surface area contributed by atoms with Gasteiger partial charge in [0, 0.05) is 11.1 Å². The van der Waals surface area contributed by atoms with Gasteiger partial charge in [-0.3, -0.25) is 0 Å². The third-order valence-corrected chi connectivity index (χ3v) is 16.2. The van der Waals surface area contributed by atoms with Crippen molar-refractivity contribution in [1.82, 2.24) is 0 Å². The molecule has 6 nitrogen and oxygen atoms in total. The van der Waals surface area contributed by atoms with Crippen molar-refractivity contribution in [3.63, 3.8) is 0 Å². The third-order valence-electron chi connectivity index (χ3n) is 14.4. The fraction of sp³-hybridized carbons (Fsp3) is 0.265. The zero-order valence-corrected chi connectivity index (χ0v) is 34.9. The van der Waals surface area contributed by atoms with E-state index in [9.17, 15) is 8.42 Å². The molecule has 6 aromatic carbocycles. The second kappa shape index (κ2) is 11.5. The maximum absolute atomic E-state index is 14.3. The van der Waals surface area contributed by atoms with E-state index in [-0.39, 0.29) is 0 Å². The molecule has 0 unspecified atom stereocenters. The van der Waals surface area contributed by atoms with Gasteiger partial charge in [0.15, 0.2) is 0 Å². The minimum Gasteiger partial charge on any atom is -0.399 e. The number of hydrogen-bond acceptors (Lipinski definition) is 6.